The Morgan fingerprint density at radius 3 is 2.61 bits per heavy atom. The monoisotopic (exact) mass is 562 g/mol. The van der Waals surface area contributed by atoms with Crippen LogP contribution in [0.15, 0.2) is 86.2 Å². The Balaban J connectivity index is 1.84. The van der Waals surface area contributed by atoms with Crippen LogP contribution in [0.5, 0.6) is 5.75 Å². The number of carbonyl (C=O) groups excluding carboxylic acids is 1. The Hall–Kier alpha value is -3.49. The lowest BCUT2D eigenvalue weighted by atomic mass is 9.90. The zero-order valence-electron chi connectivity index (χ0n) is 19.9. The van der Waals surface area contributed by atoms with Crippen molar-refractivity contribution in [1.82, 2.24) is 4.57 Å². The minimum Gasteiger partial charge on any atom is -0.496 e. The molecule has 36 heavy (non-hydrogen) atoms. The van der Waals surface area contributed by atoms with Crippen LogP contribution in [0.2, 0.25) is 0 Å². The van der Waals surface area contributed by atoms with E-state index in [1.807, 2.05) is 66.7 Å². The molecule has 4 aromatic rings. The van der Waals surface area contributed by atoms with Gasteiger partial charge in [-0.25, -0.2) is 9.79 Å². The molecule has 0 saturated heterocycles. The number of hydrogen-bond donors (Lipinski definition) is 0. The molecule has 182 valence electrons. The van der Waals surface area contributed by atoms with Gasteiger partial charge in [-0.1, -0.05) is 69.7 Å². The number of allylic oxidation sites excluding steroid dienone is 1. The number of halogens is 1. The van der Waals surface area contributed by atoms with E-state index >= 15 is 0 Å². The molecular formula is C28H23BrN2O4S. The summed E-state index contributed by atoms with van der Waals surface area (Å²) in [6, 6.07) is 18.7. The molecular weight excluding hydrogens is 540 g/mol. The third kappa shape index (κ3) is 4.20. The van der Waals surface area contributed by atoms with Crippen LogP contribution >= 0.6 is 27.3 Å². The summed E-state index contributed by atoms with van der Waals surface area (Å²) in [7, 11) is 1.59. The molecule has 1 aliphatic rings. The molecule has 3 aromatic carbocycles. The second-order valence-electron chi connectivity index (χ2n) is 8.26. The number of esters is 1. The van der Waals surface area contributed by atoms with Gasteiger partial charge in [-0.3, -0.25) is 9.36 Å². The molecule has 0 bridgehead atoms. The zero-order chi connectivity index (χ0) is 25.4. The molecule has 0 radical (unpaired) electrons. The highest BCUT2D eigenvalue weighted by molar-refractivity contribution is 9.10. The van der Waals surface area contributed by atoms with E-state index in [-0.39, 0.29) is 12.2 Å². The van der Waals surface area contributed by atoms with Gasteiger partial charge in [-0.2, -0.15) is 0 Å². The van der Waals surface area contributed by atoms with Crippen LogP contribution in [0.3, 0.4) is 0 Å². The van der Waals surface area contributed by atoms with Crippen LogP contribution in [0.1, 0.15) is 31.0 Å². The van der Waals surface area contributed by atoms with Gasteiger partial charge in [0.15, 0.2) is 4.80 Å². The Labute approximate surface area is 220 Å². The maximum atomic E-state index is 13.9. The van der Waals surface area contributed by atoms with Gasteiger partial charge in [0.25, 0.3) is 5.56 Å². The van der Waals surface area contributed by atoms with E-state index < -0.39 is 12.0 Å². The van der Waals surface area contributed by atoms with Crippen LogP contribution in [-0.2, 0) is 9.53 Å². The number of hydrogen-bond acceptors (Lipinski definition) is 6. The molecule has 8 heteroatoms. The number of fused-ring (bicyclic) bond motifs is 2. The lowest BCUT2D eigenvalue weighted by Gasteiger charge is -2.27. The number of aromatic nitrogens is 1. The van der Waals surface area contributed by atoms with Gasteiger partial charge in [0.1, 0.15) is 11.8 Å². The van der Waals surface area contributed by atoms with Crippen LogP contribution in [0.25, 0.3) is 16.8 Å². The number of carbonyl (C=O) groups is 1. The van der Waals surface area contributed by atoms with Crippen molar-refractivity contribution in [2.45, 2.75) is 19.9 Å². The highest BCUT2D eigenvalue weighted by Crippen LogP contribution is 2.40. The molecule has 2 heterocycles. The number of ether oxygens (including phenoxy) is 2. The SMILES string of the molecule is CCOC(=O)C1=C(C)N=c2s/c(=C\c3ccc(Br)cc3)c(=O)n2C1c1c(OC)ccc2ccccc12. The standard InChI is InChI=1S/C28H23BrN2O4S/c1-4-35-27(33)23-16(2)30-28-31(26(32)22(36-28)15-17-9-12-19(29)13-10-17)25(23)24-20-8-6-5-7-18(20)11-14-21(24)34-3/h5-15,25H,4H2,1-3H3/b22-15-. The first-order valence-electron chi connectivity index (χ1n) is 11.4. The average molecular weight is 563 g/mol. The quantitative estimate of drug-likeness (QED) is 0.330. The Morgan fingerprint density at radius 1 is 1.14 bits per heavy atom. The van der Waals surface area contributed by atoms with E-state index in [0.717, 1.165) is 26.4 Å². The number of benzene rings is 3. The molecule has 1 atom stereocenters. The topological polar surface area (TPSA) is 69.9 Å². The molecule has 0 N–H and O–H groups in total. The van der Waals surface area contributed by atoms with Crippen LogP contribution in [-0.4, -0.2) is 24.3 Å². The highest BCUT2D eigenvalue weighted by atomic mass is 79.9. The van der Waals surface area contributed by atoms with E-state index in [2.05, 4.69) is 20.9 Å². The molecule has 0 aliphatic carbocycles. The highest BCUT2D eigenvalue weighted by Gasteiger charge is 2.36. The first kappa shape index (κ1) is 24.2. The van der Waals surface area contributed by atoms with Gasteiger partial charge in [0.05, 0.1) is 29.5 Å². The van der Waals surface area contributed by atoms with Crippen molar-refractivity contribution in [3.8, 4) is 5.75 Å². The van der Waals surface area contributed by atoms with Gasteiger partial charge in [0.2, 0.25) is 0 Å². The normalized spacial score (nSPS) is 15.6. The van der Waals surface area contributed by atoms with Crippen LogP contribution in [0.4, 0.5) is 0 Å². The second-order valence-corrected chi connectivity index (χ2v) is 10.2. The largest absolute Gasteiger partial charge is 0.496 e. The number of rotatable bonds is 5. The van der Waals surface area contributed by atoms with Crippen molar-refractivity contribution in [2.24, 2.45) is 4.99 Å². The molecule has 6 nitrogen and oxygen atoms in total. The van der Waals surface area contributed by atoms with E-state index in [0.29, 0.717) is 26.4 Å². The molecule has 1 unspecified atom stereocenters. The maximum Gasteiger partial charge on any atom is 0.338 e. The summed E-state index contributed by atoms with van der Waals surface area (Å²) in [5, 5.41) is 1.86. The van der Waals surface area contributed by atoms with Crippen molar-refractivity contribution in [3.63, 3.8) is 0 Å². The number of nitrogens with zero attached hydrogens (tertiary/aromatic N) is 2. The predicted molar refractivity (Wildman–Crippen MR) is 145 cm³/mol. The molecule has 0 saturated carbocycles. The summed E-state index contributed by atoms with van der Waals surface area (Å²) in [4.78, 5) is 32.4. The second kappa shape index (κ2) is 9.87. The fourth-order valence-corrected chi connectivity index (χ4v) is 5.82. The van der Waals surface area contributed by atoms with Crippen molar-refractivity contribution in [1.29, 1.82) is 0 Å². The first-order valence-corrected chi connectivity index (χ1v) is 13.0. The molecule has 0 fully saturated rings. The summed E-state index contributed by atoms with van der Waals surface area (Å²) in [5.41, 5.74) is 2.24. The van der Waals surface area contributed by atoms with Crippen molar-refractivity contribution in [2.75, 3.05) is 13.7 Å². The summed E-state index contributed by atoms with van der Waals surface area (Å²) < 4.78 is 14.3. The fourth-order valence-electron chi connectivity index (χ4n) is 4.51. The molecule has 1 aromatic heterocycles. The first-order chi connectivity index (χ1) is 17.4. The van der Waals surface area contributed by atoms with E-state index in [1.54, 1.807) is 25.5 Å². The van der Waals surface area contributed by atoms with Gasteiger partial charge in [0, 0.05) is 10.0 Å². The van der Waals surface area contributed by atoms with Crippen LogP contribution in [0, 0.1) is 0 Å². The minimum atomic E-state index is -0.756. The lowest BCUT2D eigenvalue weighted by molar-refractivity contribution is -0.139. The Kier molecular flexibility index (Phi) is 6.64. The van der Waals surface area contributed by atoms with E-state index in [9.17, 15) is 9.59 Å². The van der Waals surface area contributed by atoms with Crippen LogP contribution < -0.4 is 19.6 Å². The average Bonchev–Trinajstić information content (AvgIpc) is 3.18. The molecule has 0 spiro atoms. The molecule has 0 amide bonds. The predicted octanol–water partition coefficient (Wildman–Crippen LogP) is 4.72. The molecule has 1 aliphatic heterocycles. The van der Waals surface area contributed by atoms with Gasteiger partial charge < -0.3 is 9.47 Å². The summed E-state index contributed by atoms with van der Waals surface area (Å²) in [6.45, 7) is 3.75. The minimum absolute atomic E-state index is 0.211. The van der Waals surface area contributed by atoms with Gasteiger partial charge >= 0.3 is 5.97 Å². The van der Waals surface area contributed by atoms with Gasteiger partial charge in [-0.15, -0.1) is 0 Å². The van der Waals surface area contributed by atoms with E-state index in [4.69, 9.17) is 9.47 Å². The Bertz CT molecular complexity index is 1700. The number of thiazole rings is 1. The Morgan fingerprint density at radius 2 is 1.89 bits per heavy atom. The van der Waals surface area contributed by atoms with Gasteiger partial charge in [-0.05, 0) is 54.5 Å². The van der Waals surface area contributed by atoms with Crippen molar-refractivity contribution < 1.29 is 14.3 Å². The fraction of sp³-hybridized carbons (Fsp3) is 0.179. The summed E-state index contributed by atoms with van der Waals surface area (Å²) >= 11 is 4.74. The third-order valence-corrected chi connectivity index (χ3v) is 7.62. The summed E-state index contributed by atoms with van der Waals surface area (Å²) in [5.74, 6) is 0.0821. The third-order valence-electron chi connectivity index (χ3n) is 6.11. The zero-order valence-corrected chi connectivity index (χ0v) is 22.4. The van der Waals surface area contributed by atoms with Crippen molar-refractivity contribution >= 4 is 50.1 Å². The maximum absolute atomic E-state index is 13.9. The number of methoxy groups -OCH3 is 1. The molecule has 5 rings (SSSR count). The van der Waals surface area contributed by atoms with Crippen molar-refractivity contribution in [3.05, 3.63) is 107 Å². The summed E-state index contributed by atoms with van der Waals surface area (Å²) in [6.07, 6.45) is 1.84. The smallest absolute Gasteiger partial charge is 0.338 e. The van der Waals surface area contributed by atoms with E-state index in [1.165, 1.54) is 11.3 Å². The lowest BCUT2D eigenvalue weighted by Crippen LogP contribution is -2.40.